The van der Waals surface area contributed by atoms with Gasteiger partial charge in [0.15, 0.2) is 0 Å². The lowest BCUT2D eigenvalue weighted by atomic mass is 9.86. The number of halogens is 1. The molecular formula is C21H21FN2OS. The first-order chi connectivity index (χ1) is 12.3. The smallest absolute Gasteiger partial charge is 0.230 e. The Morgan fingerprint density at radius 2 is 1.81 bits per heavy atom. The molecule has 2 aromatic carbocycles. The van der Waals surface area contributed by atoms with Crippen LogP contribution in [0.1, 0.15) is 32.0 Å². The molecule has 3 rings (SSSR count). The van der Waals surface area contributed by atoms with E-state index in [9.17, 15) is 9.18 Å². The third kappa shape index (κ3) is 4.35. The maximum atomic E-state index is 13.0. The zero-order chi connectivity index (χ0) is 18.7. The molecule has 0 atom stereocenters. The fraction of sp³-hybridized carbons (Fsp3) is 0.238. The minimum atomic E-state index is -0.276. The number of carbonyl (C=O) groups excluding carboxylic acids is 1. The van der Waals surface area contributed by atoms with Gasteiger partial charge in [0.25, 0.3) is 0 Å². The summed E-state index contributed by atoms with van der Waals surface area (Å²) < 4.78 is 13.0. The number of hydrogen-bond acceptors (Lipinski definition) is 3. The summed E-state index contributed by atoms with van der Waals surface area (Å²) in [5.74, 6) is -0.375. The van der Waals surface area contributed by atoms with Crippen LogP contribution in [0.4, 0.5) is 10.1 Å². The standard InChI is InChI=1S/C21H21FN2OS/c1-21(2,3)17-6-4-5-7-18(17)24-19(25)12-16-13-26-20(23-16)14-8-10-15(22)11-9-14/h4-11,13H,12H2,1-3H3,(H,24,25). The number of nitrogens with zero attached hydrogens (tertiary/aromatic N) is 1. The van der Waals surface area contributed by atoms with E-state index in [0.29, 0.717) is 5.69 Å². The largest absolute Gasteiger partial charge is 0.325 e. The molecule has 1 amide bonds. The minimum absolute atomic E-state index is 0.0553. The highest BCUT2D eigenvalue weighted by atomic mass is 32.1. The normalized spacial score (nSPS) is 11.4. The highest BCUT2D eigenvalue weighted by molar-refractivity contribution is 7.13. The van der Waals surface area contributed by atoms with Gasteiger partial charge >= 0.3 is 0 Å². The predicted octanol–water partition coefficient (Wildman–Crippen LogP) is 5.43. The molecule has 0 spiro atoms. The Morgan fingerprint density at radius 3 is 2.50 bits per heavy atom. The van der Waals surface area contributed by atoms with E-state index in [1.807, 2.05) is 29.6 Å². The molecule has 1 N–H and O–H groups in total. The van der Waals surface area contributed by atoms with Crippen LogP contribution in [0.3, 0.4) is 0 Å². The lowest BCUT2D eigenvalue weighted by Gasteiger charge is -2.22. The van der Waals surface area contributed by atoms with Crippen LogP contribution in [0.5, 0.6) is 0 Å². The molecule has 1 aromatic heterocycles. The number of anilines is 1. The zero-order valence-electron chi connectivity index (χ0n) is 15.0. The number of aromatic nitrogens is 1. The number of benzene rings is 2. The molecule has 3 aromatic rings. The molecule has 1 heterocycles. The van der Waals surface area contributed by atoms with Gasteiger partial charge < -0.3 is 5.32 Å². The van der Waals surface area contributed by atoms with Gasteiger partial charge in [-0.15, -0.1) is 11.3 Å². The summed E-state index contributed by atoms with van der Waals surface area (Å²) >= 11 is 1.45. The molecule has 0 saturated heterocycles. The number of nitrogens with one attached hydrogen (secondary N) is 1. The lowest BCUT2D eigenvalue weighted by Crippen LogP contribution is -2.20. The third-order valence-corrected chi connectivity index (χ3v) is 4.93. The molecule has 0 aliphatic rings. The summed E-state index contributed by atoms with van der Waals surface area (Å²) in [6.45, 7) is 6.36. The van der Waals surface area contributed by atoms with Crippen molar-refractivity contribution in [1.29, 1.82) is 0 Å². The second-order valence-corrected chi connectivity index (χ2v) is 8.03. The van der Waals surface area contributed by atoms with E-state index >= 15 is 0 Å². The van der Waals surface area contributed by atoms with E-state index in [-0.39, 0.29) is 23.6 Å². The first kappa shape index (κ1) is 18.3. The zero-order valence-corrected chi connectivity index (χ0v) is 15.9. The van der Waals surface area contributed by atoms with Gasteiger partial charge in [-0.2, -0.15) is 0 Å². The van der Waals surface area contributed by atoms with Gasteiger partial charge in [0.05, 0.1) is 12.1 Å². The highest BCUT2D eigenvalue weighted by Crippen LogP contribution is 2.29. The quantitative estimate of drug-likeness (QED) is 0.667. The molecular weight excluding hydrogens is 347 g/mol. The van der Waals surface area contributed by atoms with Crippen LogP contribution in [-0.4, -0.2) is 10.9 Å². The second-order valence-electron chi connectivity index (χ2n) is 7.17. The maximum Gasteiger partial charge on any atom is 0.230 e. The number of thiazole rings is 1. The molecule has 0 aliphatic heterocycles. The minimum Gasteiger partial charge on any atom is -0.325 e. The van der Waals surface area contributed by atoms with E-state index in [4.69, 9.17) is 0 Å². The van der Waals surface area contributed by atoms with Crippen molar-refractivity contribution in [3.63, 3.8) is 0 Å². The van der Waals surface area contributed by atoms with Crippen LogP contribution in [0.25, 0.3) is 10.6 Å². The van der Waals surface area contributed by atoms with Gasteiger partial charge in [-0.3, -0.25) is 4.79 Å². The van der Waals surface area contributed by atoms with Crippen molar-refractivity contribution in [3.8, 4) is 10.6 Å². The van der Waals surface area contributed by atoms with Crippen LogP contribution >= 0.6 is 11.3 Å². The molecule has 0 unspecified atom stereocenters. The van der Waals surface area contributed by atoms with Crippen LogP contribution < -0.4 is 5.32 Å². The van der Waals surface area contributed by atoms with Crippen LogP contribution in [0, 0.1) is 5.82 Å². The molecule has 5 heteroatoms. The SMILES string of the molecule is CC(C)(C)c1ccccc1NC(=O)Cc1csc(-c2ccc(F)cc2)n1. The average molecular weight is 368 g/mol. The Labute approximate surface area is 156 Å². The van der Waals surface area contributed by atoms with Crippen LogP contribution in [0.15, 0.2) is 53.9 Å². The lowest BCUT2D eigenvalue weighted by molar-refractivity contribution is -0.115. The molecule has 26 heavy (non-hydrogen) atoms. The summed E-state index contributed by atoms with van der Waals surface area (Å²) in [5.41, 5.74) is 3.43. The Balaban J connectivity index is 1.71. The Morgan fingerprint density at radius 1 is 1.12 bits per heavy atom. The van der Waals surface area contributed by atoms with Gasteiger partial charge in [-0.25, -0.2) is 9.37 Å². The Bertz CT molecular complexity index is 910. The van der Waals surface area contributed by atoms with Crippen molar-refractivity contribution in [2.24, 2.45) is 0 Å². The number of para-hydroxylation sites is 1. The van der Waals surface area contributed by atoms with Gasteiger partial charge in [-0.1, -0.05) is 39.0 Å². The van der Waals surface area contributed by atoms with E-state index in [1.54, 1.807) is 12.1 Å². The van der Waals surface area contributed by atoms with Crippen molar-refractivity contribution in [1.82, 2.24) is 4.98 Å². The summed E-state index contributed by atoms with van der Waals surface area (Å²) in [7, 11) is 0. The van der Waals surface area contributed by atoms with Gasteiger partial charge in [0.2, 0.25) is 5.91 Å². The fourth-order valence-corrected chi connectivity index (χ4v) is 3.54. The molecule has 134 valence electrons. The molecule has 0 saturated carbocycles. The Hall–Kier alpha value is -2.53. The fourth-order valence-electron chi connectivity index (χ4n) is 2.72. The molecule has 0 bridgehead atoms. The van der Waals surface area contributed by atoms with E-state index in [1.165, 1.54) is 23.5 Å². The van der Waals surface area contributed by atoms with Gasteiger partial charge in [0, 0.05) is 16.6 Å². The van der Waals surface area contributed by atoms with Gasteiger partial charge in [-0.05, 0) is 41.3 Å². The average Bonchev–Trinajstić information content (AvgIpc) is 3.03. The first-order valence-electron chi connectivity index (χ1n) is 8.42. The van der Waals surface area contributed by atoms with Gasteiger partial charge in [0.1, 0.15) is 10.8 Å². The molecule has 0 aliphatic carbocycles. The van der Waals surface area contributed by atoms with E-state index < -0.39 is 0 Å². The third-order valence-electron chi connectivity index (χ3n) is 3.99. The molecule has 0 fully saturated rings. The summed E-state index contributed by atoms with van der Waals surface area (Å²) in [5, 5.41) is 5.65. The number of amides is 1. The van der Waals surface area contributed by atoms with Crippen molar-refractivity contribution < 1.29 is 9.18 Å². The van der Waals surface area contributed by atoms with E-state index in [2.05, 4.69) is 31.1 Å². The second kappa shape index (κ2) is 7.38. The van der Waals surface area contributed by atoms with Crippen molar-refractivity contribution >= 4 is 22.9 Å². The molecule has 3 nitrogen and oxygen atoms in total. The highest BCUT2D eigenvalue weighted by Gasteiger charge is 2.19. The summed E-state index contributed by atoms with van der Waals surface area (Å²) in [6.07, 6.45) is 0.205. The number of rotatable bonds is 4. The monoisotopic (exact) mass is 368 g/mol. The topological polar surface area (TPSA) is 42.0 Å². The molecule has 0 radical (unpaired) electrons. The predicted molar refractivity (Wildman–Crippen MR) is 105 cm³/mol. The number of hydrogen-bond donors (Lipinski definition) is 1. The number of carbonyl (C=O) groups is 1. The van der Waals surface area contributed by atoms with Crippen LogP contribution in [0.2, 0.25) is 0 Å². The van der Waals surface area contributed by atoms with E-state index in [0.717, 1.165) is 21.8 Å². The summed E-state index contributed by atoms with van der Waals surface area (Å²) in [6, 6.07) is 14.1. The van der Waals surface area contributed by atoms with Crippen molar-refractivity contribution in [2.75, 3.05) is 5.32 Å². The van der Waals surface area contributed by atoms with Crippen LogP contribution in [-0.2, 0) is 16.6 Å². The Kier molecular flexibility index (Phi) is 5.18. The van der Waals surface area contributed by atoms with Crippen molar-refractivity contribution in [2.45, 2.75) is 32.6 Å². The van der Waals surface area contributed by atoms with Crippen molar-refractivity contribution in [3.05, 3.63) is 71.0 Å². The first-order valence-corrected chi connectivity index (χ1v) is 9.30. The summed E-state index contributed by atoms with van der Waals surface area (Å²) in [4.78, 5) is 17.0. The maximum absolute atomic E-state index is 13.0.